The quantitative estimate of drug-likeness (QED) is 0.902. The van der Waals surface area contributed by atoms with Crippen LogP contribution in [-0.4, -0.2) is 42.7 Å². The zero-order valence-electron chi connectivity index (χ0n) is 13.0. The lowest BCUT2D eigenvalue weighted by Crippen LogP contribution is -2.32. The molecule has 21 heavy (non-hydrogen) atoms. The van der Waals surface area contributed by atoms with Gasteiger partial charge in [-0.05, 0) is 31.5 Å². The van der Waals surface area contributed by atoms with Crippen molar-refractivity contribution in [3.63, 3.8) is 0 Å². The average molecular weight is 293 g/mol. The molecule has 5 heteroatoms. The number of ether oxygens (including phenoxy) is 2. The van der Waals surface area contributed by atoms with Crippen molar-refractivity contribution in [2.75, 3.05) is 20.8 Å². The third-order valence-corrected chi connectivity index (χ3v) is 4.01. The molecular weight excluding hydrogens is 270 g/mol. The Bertz CT molecular complexity index is 515. The van der Waals surface area contributed by atoms with Crippen LogP contribution in [-0.2, 0) is 4.79 Å². The van der Waals surface area contributed by atoms with Crippen LogP contribution in [0.3, 0.4) is 0 Å². The lowest BCUT2D eigenvalue weighted by molar-refractivity contribution is -0.129. The minimum atomic E-state index is -0.683. The van der Waals surface area contributed by atoms with E-state index in [1.54, 1.807) is 26.4 Å². The molecule has 116 valence electrons. The van der Waals surface area contributed by atoms with Crippen molar-refractivity contribution >= 4 is 5.91 Å². The summed E-state index contributed by atoms with van der Waals surface area (Å²) in [6.45, 7) is 4.57. The molecule has 1 aromatic carbocycles. The van der Waals surface area contributed by atoms with Gasteiger partial charge in [-0.2, -0.15) is 0 Å². The summed E-state index contributed by atoms with van der Waals surface area (Å²) in [6, 6.07) is 5.52. The van der Waals surface area contributed by atoms with Crippen LogP contribution in [0.2, 0.25) is 0 Å². The van der Waals surface area contributed by atoms with E-state index in [2.05, 4.69) is 0 Å². The summed E-state index contributed by atoms with van der Waals surface area (Å²) in [6.07, 6.45) is -0.300. The third-order valence-electron chi connectivity index (χ3n) is 4.01. The van der Waals surface area contributed by atoms with Crippen LogP contribution in [0.25, 0.3) is 0 Å². The molecule has 5 nitrogen and oxygen atoms in total. The van der Waals surface area contributed by atoms with Crippen molar-refractivity contribution in [1.29, 1.82) is 0 Å². The summed E-state index contributed by atoms with van der Waals surface area (Å²) in [5, 5.41) is 10.5. The fourth-order valence-corrected chi connectivity index (χ4v) is 2.78. The van der Waals surface area contributed by atoms with E-state index in [4.69, 9.17) is 9.47 Å². The second-order valence-electron chi connectivity index (χ2n) is 5.66. The Hall–Kier alpha value is -1.75. The summed E-state index contributed by atoms with van der Waals surface area (Å²) < 4.78 is 10.4. The van der Waals surface area contributed by atoms with E-state index in [0.717, 1.165) is 5.56 Å². The lowest BCUT2D eigenvalue weighted by Gasteiger charge is -2.23. The maximum atomic E-state index is 12.0. The summed E-state index contributed by atoms with van der Waals surface area (Å²) in [5.74, 6) is 1.23. The third kappa shape index (κ3) is 3.13. The smallest absolute Gasteiger partial charge is 0.223 e. The molecule has 0 bridgehead atoms. The molecule has 1 saturated heterocycles. The summed E-state index contributed by atoms with van der Waals surface area (Å²) in [7, 11) is 3.14. The number of carbonyl (C=O) groups excluding carboxylic acids is 1. The average Bonchev–Trinajstić information content (AvgIpc) is 2.87. The van der Waals surface area contributed by atoms with Gasteiger partial charge in [-0.25, -0.2) is 0 Å². The van der Waals surface area contributed by atoms with Gasteiger partial charge in [0.05, 0.1) is 20.3 Å². The molecule has 1 amide bonds. The van der Waals surface area contributed by atoms with Crippen LogP contribution in [0.15, 0.2) is 18.2 Å². The topological polar surface area (TPSA) is 59.0 Å². The molecule has 1 fully saturated rings. The molecule has 2 atom stereocenters. The van der Waals surface area contributed by atoms with Gasteiger partial charge in [0.1, 0.15) is 0 Å². The summed E-state index contributed by atoms with van der Waals surface area (Å²) in [4.78, 5) is 13.8. The van der Waals surface area contributed by atoms with Crippen LogP contribution in [0.5, 0.6) is 11.5 Å². The second kappa shape index (κ2) is 6.35. The first-order valence-electron chi connectivity index (χ1n) is 7.17. The zero-order chi connectivity index (χ0) is 15.6. The molecule has 0 aromatic heterocycles. The number of aliphatic hydroxyl groups excluding tert-OH is 1. The number of rotatable bonds is 5. The van der Waals surface area contributed by atoms with Crippen LogP contribution >= 0.6 is 0 Å². The number of hydrogen-bond donors (Lipinski definition) is 1. The molecule has 1 aliphatic rings. The van der Waals surface area contributed by atoms with Crippen molar-refractivity contribution in [1.82, 2.24) is 4.90 Å². The Morgan fingerprint density at radius 3 is 2.43 bits per heavy atom. The second-order valence-corrected chi connectivity index (χ2v) is 5.66. The first kappa shape index (κ1) is 15.6. The van der Waals surface area contributed by atoms with Crippen molar-refractivity contribution in [2.45, 2.75) is 32.4 Å². The number of methoxy groups -OCH3 is 2. The van der Waals surface area contributed by atoms with Gasteiger partial charge in [-0.1, -0.05) is 6.07 Å². The van der Waals surface area contributed by atoms with Crippen LogP contribution in [0, 0.1) is 5.92 Å². The molecule has 1 heterocycles. The molecule has 1 aliphatic heterocycles. The standard InChI is InChI=1S/C16H23NO4/c1-10(2)17-9-12(8-15(17)18)16(19)11-5-6-13(20-3)14(7-11)21-4/h5-7,10,12,16,19H,8-9H2,1-4H3. The van der Waals surface area contributed by atoms with Crippen molar-refractivity contribution < 1.29 is 19.4 Å². The molecular formula is C16H23NO4. The Balaban J connectivity index is 2.17. The highest BCUT2D eigenvalue weighted by Gasteiger charge is 2.36. The maximum absolute atomic E-state index is 12.0. The number of carbonyl (C=O) groups is 1. The van der Waals surface area contributed by atoms with Crippen molar-refractivity contribution in [2.24, 2.45) is 5.92 Å². The fourth-order valence-electron chi connectivity index (χ4n) is 2.78. The van der Waals surface area contributed by atoms with Gasteiger partial charge < -0.3 is 19.5 Å². The van der Waals surface area contributed by atoms with E-state index in [1.165, 1.54) is 0 Å². The minimum absolute atomic E-state index is 0.0852. The van der Waals surface area contributed by atoms with Gasteiger partial charge >= 0.3 is 0 Å². The monoisotopic (exact) mass is 293 g/mol. The SMILES string of the molecule is COc1ccc(C(O)C2CC(=O)N(C(C)C)C2)cc1OC. The molecule has 2 rings (SSSR count). The van der Waals surface area contributed by atoms with Gasteiger partial charge in [0, 0.05) is 24.9 Å². The summed E-state index contributed by atoms with van der Waals surface area (Å²) in [5.41, 5.74) is 0.746. The molecule has 0 radical (unpaired) electrons. The van der Waals surface area contributed by atoms with Gasteiger partial charge in [-0.15, -0.1) is 0 Å². The van der Waals surface area contributed by atoms with Crippen molar-refractivity contribution in [3.05, 3.63) is 23.8 Å². The van der Waals surface area contributed by atoms with Gasteiger partial charge in [0.2, 0.25) is 5.91 Å². The Morgan fingerprint density at radius 2 is 1.90 bits per heavy atom. The molecule has 2 unspecified atom stereocenters. The number of nitrogens with zero attached hydrogens (tertiary/aromatic N) is 1. The van der Waals surface area contributed by atoms with Crippen LogP contribution in [0.4, 0.5) is 0 Å². The van der Waals surface area contributed by atoms with Gasteiger partial charge in [0.25, 0.3) is 0 Å². The molecule has 0 aliphatic carbocycles. The van der Waals surface area contributed by atoms with Gasteiger partial charge in [0.15, 0.2) is 11.5 Å². The normalized spacial score (nSPS) is 20.0. The Labute approximate surface area is 125 Å². The van der Waals surface area contributed by atoms with E-state index in [1.807, 2.05) is 24.8 Å². The predicted octanol–water partition coefficient (Wildman–Crippen LogP) is 1.99. The highest BCUT2D eigenvalue weighted by atomic mass is 16.5. The lowest BCUT2D eigenvalue weighted by atomic mass is 9.94. The first-order valence-corrected chi connectivity index (χ1v) is 7.17. The fraction of sp³-hybridized carbons (Fsp3) is 0.562. The van der Waals surface area contributed by atoms with Gasteiger partial charge in [-0.3, -0.25) is 4.79 Å². The van der Waals surface area contributed by atoms with Crippen LogP contribution < -0.4 is 9.47 Å². The van der Waals surface area contributed by atoms with E-state index in [9.17, 15) is 9.90 Å². The first-order chi connectivity index (χ1) is 9.97. The number of aliphatic hydroxyl groups is 1. The maximum Gasteiger partial charge on any atom is 0.223 e. The summed E-state index contributed by atoms with van der Waals surface area (Å²) >= 11 is 0. The highest BCUT2D eigenvalue weighted by Crippen LogP contribution is 2.35. The predicted molar refractivity (Wildman–Crippen MR) is 79.5 cm³/mol. The number of amides is 1. The molecule has 0 saturated carbocycles. The Kier molecular flexibility index (Phi) is 4.73. The van der Waals surface area contributed by atoms with E-state index < -0.39 is 6.10 Å². The zero-order valence-corrected chi connectivity index (χ0v) is 13.0. The van der Waals surface area contributed by atoms with E-state index in [-0.39, 0.29) is 17.9 Å². The Morgan fingerprint density at radius 1 is 1.24 bits per heavy atom. The van der Waals surface area contributed by atoms with Crippen molar-refractivity contribution in [3.8, 4) is 11.5 Å². The highest BCUT2D eigenvalue weighted by molar-refractivity contribution is 5.79. The number of benzene rings is 1. The minimum Gasteiger partial charge on any atom is -0.493 e. The molecule has 1 aromatic rings. The molecule has 1 N–H and O–H groups in total. The largest absolute Gasteiger partial charge is 0.493 e. The van der Waals surface area contributed by atoms with E-state index in [0.29, 0.717) is 24.5 Å². The van der Waals surface area contributed by atoms with Crippen LogP contribution in [0.1, 0.15) is 31.9 Å². The number of likely N-dealkylation sites (tertiary alicyclic amines) is 1. The molecule has 0 spiro atoms. The van der Waals surface area contributed by atoms with E-state index >= 15 is 0 Å². The number of hydrogen-bond acceptors (Lipinski definition) is 4.